The second kappa shape index (κ2) is 5.25. The fraction of sp³-hybridized carbons (Fsp3) is 0.273. The lowest BCUT2D eigenvalue weighted by molar-refractivity contribution is 0.339. The molecule has 0 aliphatic carbocycles. The fourth-order valence-electron chi connectivity index (χ4n) is 0.928. The molecule has 0 N–H and O–H groups in total. The van der Waals surface area contributed by atoms with Crippen molar-refractivity contribution in [2.45, 2.75) is 13.8 Å². The Balaban J connectivity index is 2.58. The molecular weight excluding hydrogens is 164 g/mol. The summed E-state index contributed by atoms with van der Waals surface area (Å²) < 4.78 is 10.5. The van der Waals surface area contributed by atoms with E-state index in [9.17, 15) is 0 Å². The Morgan fingerprint density at radius 3 is 2.31 bits per heavy atom. The minimum atomic E-state index is 0.690. The monoisotopic (exact) mass is 178 g/mol. The molecule has 13 heavy (non-hydrogen) atoms. The summed E-state index contributed by atoms with van der Waals surface area (Å²) in [6.07, 6.45) is 3.49. The smallest absolute Gasteiger partial charge is 0.126 e. The van der Waals surface area contributed by atoms with Crippen LogP contribution in [0.3, 0.4) is 0 Å². The van der Waals surface area contributed by atoms with Crippen molar-refractivity contribution >= 4 is 0 Å². The van der Waals surface area contributed by atoms with Gasteiger partial charge in [-0.1, -0.05) is 6.08 Å². The van der Waals surface area contributed by atoms with E-state index >= 15 is 0 Å². The Kier molecular flexibility index (Phi) is 3.89. The van der Waals surface area contributed by atoms with E-state index in [1.54, 1.807) is 6.26 Å². The largest absolute Gasteiger partial charge is 0.494 e. The minimum absolute atomic E-state index is 0.690. The third-order valence-electron chi connectivity index (χ3n) is 1.47. The number of ether oxygens (including phenoxy) is 2. The maximum Gasteiger partial charge on any atom is 0.126 e. The van der Waals surface area contributed by atoms with Gasteiger partial charge in [-0.25, -0.2) is 0 Å². The Hall–Kier alpha value is -1.44. The topological polar surface area (TPSA) is 18.5 Å². The number of rotatable bonds is 4. The van der Waals surface area contributed by atoms with Crippen LogP contribution in [0.25, 0.3) is 0 Å². The molecule has 0 atom stereocenters. The molecule has 0 heterocycles. The summed E-state index contributed by atoms with van der Waals surface area (Å²) in [5.41, 5.74) is 0. The standard InChI is InChI=1S/C11H14O2/c1-3-9-13-11-7-5-10(6-8-11)12-4-2/h3,5-9H,4H2,1-2H3/b9-3-. The van der Waals surface area contributed by atoms with E-state index in [4.69, 9.17) is 9.47 Å². The Morgan fingerprint density at radius 1 is 1.15 bits per heavy atom. The van der Waals surface area contributed by atoms with Gasteiger partial charge in [0.1, 0.15) is 11.5 Å². The predicted molar refractivity (Wildman–Crippen MR) is 53.1 cm³/mol. The van der Waals surface area contributed by atoms with Crippen LogP contribution in [0.5, 0.6) is 11.5 Å². The molecule has 0 radical (unpaired) electrons. The molecule has 2 heteroatoms. The first kappa shape index (κ1) is 9.65. The molecule has 70 valence electrons. The van der Waals surface area contributed by atoms with Crippen molar-refractivity contribution in [1.29, 1.82) is 0 Å². The second-order valence-electron chi connectivity index (χ2n) is 2.49. The zero-order valence-electron chi connectivity index (χ0n) is 7.99. The molecule has 0 bridgehead atoms. The Morgan fingerprint density at radius 2 is 1.77 bits per heavy atom. The zero-order chi connectivity index (χ0) is 9.52. The molecule has 0 aliphatic rings. The molecule has 0 aromatic heterocycles. The van der Waals surface area contributed by atoms with Crippen LogP contribution in [0.2, 0.25) is 0 Å². The SMILES string of the molecule is C/C=C\Oc1ccc(OCC)cc1. The van der Waals surface area contributed by atoms with Gasteiger partial charge in [-0.3, -0.25) is 0 Å². The molecular formula is C11H14O2. The summed E-state index contributed by atoms with van der Waals surface area (Å²) in [5.74, 6) is 1.69. The normalized spacial score (nSPS) is 10.3. The summed E-state index contributed by atoms with van der Waals surface area (Å²) in [4.78, 5) is 0. The summed E-state index contributed by atoms with van der Waals surface area (Å²) in [5, 5.41) is 0. The van der Waals surface area contributed by atoms with Crippen molar-refractivity contribution in [2.24, 2.45) is 0 Å². The molecule has 0 saturated heterocycles. The lowest BCUT2D eigenvalue weighted by Crippen LogP contribution is -1.90. The molecule has 0 fully saturated rings. The van der Waals surface area contributed by atoms with Crippen LogP contribution >= 0.6 is 0 Å². The molecule has 0 spiro atoms. The number of allylic oxidation sites excluding steroid dienone is 1. The molecule has 1 aromatic carbocycles. The highest BCUT2D eigenvalue weighted by Crippen LogP contribution is 2.17. The van der Waals surface area contributed by atoms with Gasteiger partial charge in [0.25, 0.3) is 0 Å². The van der Waals surface area contributed by atoms with Gasteiger partial charge >= 0.3 is 0 Å². The molecule has 0 saturated carbocycles. The first-order valence-electron chi connectivity index (χ1n) is 4.37. The molecule has 1 rings (SSSR count). The van der Waals surface area contributed by atoms with Crippen molar-refractivity contribution in [1.82, 2.24) is 0 Å². The van der Waals surface area contributed by atoms with E-state index in [0.717, 1.165) is 11.5 Å². The van der Waals surface area contributed by atoms with Gasteiger partial charge in [-0.05, 0) is 38.1 Å². The Labute approximate surface area is 78.8 Å². The fourth-order valence-corrected chi connectivity index (χ4v) is 0.928. The molecule has 0 amide bonds. The van der Waals surface area contributed by atoms with Crippen molar-refractivity contribution in [2.75, 3.05) is 6.61 Å². The van der Waals surface area contributed by atoms with Crippen LogP contribution in [0.15, 0.2) is 36.6 Å². The first-order valence-corrected chi connectivity index (χ1v) is 4.37. The third kappa shape index (κ3) is 3.20. The van der Waals surface area contributed by atoms with E-state index in [1.165, 1.54) is 0 Å². The highest BCUT2D eigenvalue weighted by atomic mass is 16.5. The van der Waals surface area contributed by atoms with Crippen molar-refractivity contribution in [3.63, 3.8) is 0 Å². The van der Waals surface area contributed by atoms with Crippen molar-refractivity contribution < 1.29 is 9.47 Å². The van der Waals surface area contributed by atoms with E-state index in [0.29, 0.717) is 6.61 Å². The van der Waals surface area contributed by atoms with Crippen LogP contribution in [0, 0.1) is 0 Å². The van der Waals surface area contributed by atoms with Crippen molar-refractivity contribution in [3.8, 4) is 11.5 Å². The van der Waals surface area contributed by atoms with Gasteiger partial charge in [0.05, 0.1) is 12.9 Å². The van der Waals surface area contributed by atoms with Crippen LogP contribution < -0.4 is 9.47 Å². The van der Waals surface area contributed by atoms with E-state index in [-0.39, 0.29) is 0 Å². The molecule has 1 aromatic rings. The lowest BCUT2D eigenvalue weighted by Gasteiger charge is -2.03. The van der Waals surface area contributed by atoms with Gasteiger partial charge in [-0.2, -0.15) is 0 Å². The van der Waals surface area contributed by atoms with Gasteiger partial charge < -0.3 is 9.47 Å². The van der Waals surface area contributed by atoms with Gasteiger partial charge in [0.2, 0.25) is 0 Å². The predicted octanol–water partition coefficient (Wildman–Crippen LogP) is 3.00. The average molecular weight is 178 g/mol. The maximum atomic E-state index is 5.29. The molecule has 0 aliphatic heterocycles. The Bertz CT molecular complexity index is 262. The highest BCUT2D eigenvalue weighted by molar-refractivity contribution is 5.31. The van der Waals surface area contributed by atoms with Crippen LogP contribution in [-0.2, 0) is 0 Å². The van der Waals surface area contributed by atoms with Crippen LogP contribution in [0.1, 0.15) is 13.8 Å². The summed E-state index contributed by atoms with van der Waals surface area (Å²) in [6.45, 7) is 4.56. The maximum absolute atomic E-state index is 5.29. The summed E-state index contributed by atoms with van der Waals surface area (Å²) in [6, 6.07) is 7.54. The average Bonchev–Trinajstić information content (AvgIpc) is 2.17. The third-order valence-corrected chi connectivity index (χ3v) is 1.47. The van der Waals surface area contributed by atoms with E-state index in [2.05, 4.69) is 0 Å². The zero-order valence-corrected chi connectivity index (χ0v) is 7.99. The minimum Gasteiger partial charge on any atom is -0.494 e. The van der Waals surface area contributed by atoms with Gasteiger partial charge in [0, 0.05) is 0 Å². The van der Waals surface area contributed by atoms with Crippen LogP contribution in [-0.4, -0.2) is 6.61 Å². The van der Waals surface area contributed by atoms with Crippen LogP contribution in [0.4, 0.5) is 0 Å². The molecule has 2 nitrogen and oxygen atoms in total. The van der Waals surface area contributed by atoms with Crippen molar-refractivity contribution in [3.05, 3.63) is 36.6 Å². The quantitative estimate of drug-likeness (QED) is 0.660. The van der Waals surface area contributed by atoms with Gasteiger partial charge in [0.15, 0.2) is 0 Å². The van der Waals surface area contributed by atoms with E-state index < -0.39 is 0 Å². The lowest BCUT2D eigenvalue weighted by atomic mass is 10.3. The number of hydrogen-bond donors (Lipinski definition) is 0. The van der Waals surface area contributed by atoms with Gasteiger partial charge in [-0.15, -0.1) is 0 Å². The summed E-state index contributed by atoms with van der Waals surface area (Å²) >= 11 is 0. The summed E-state index contributed by atoms with van der Waals surface area (Å²) in [7, 11) is 0. The number of benzene rings is 1. The molecule has 0 unspecified atom stereocenters. The first-order chi connectivity index (χ1) is 6.36. The van der Waals surface area contributed by atoms with E-state index in [1.807, 2.05) is 44.2 Å². The highest BCUT2D eigenvalue weighted by Gasteiger charge is 1.92. The number of hydrogen-bond acceptors (Lipinski definition) is 2. The second-order valence-corrected chi connectivity index (χ2v) is 2.49.